The number of carboxylic acid groups (broad SMARTS) is 1. The van der Waals surface area contributed by atoms with Crippen molar-refractivity contribution < 1.29 is 37.3 Å². The van der Waals surface area contributed by atoms with Gasteiger partial charge in [-0.2, -0.15) is 13.2 Å². The molecule has 0 saturated carbocycles. The van der Waals surface area contributed by atoms with Crippen LogP contribution in [0, 0.1) is 12.3 Å². The van der Waals surface area contributed by atoms with E-state index in [1.807, 2.05) is 6.92 Å². The first kappa shape index (κ1) is 25.5. The van der Waals surface area contributed by atoms with E-state index in [1.54, 1.807) is 30.3 Å². The minimum atomic E-state index is -5.08. The van der Waals surface area contributed by atoms with E-state index in [4.69, 9.17) is 19.4 Å². The number of rotatable bonds is 6. The number of aliphatic carboxylic acids is 1. The van der Waals surface area contributed by atoms with Gasteiger partial charge in [0.2, 0.25) is 5.91 Å². The van der Waals surface area contributed by atoms with Crippen LogP contribution in [-0.2, 0) is 25.6 Å². The number of fused-ring (bicyclic) bond motifs is 1. The first-order valence-electron chi connectivity index (χ1n) is 9.76. The Morgan fingerprint density at radius 2 is 2.13 bits per heavy atom. The van der Waals surface area contributed by atoms with E-state index in [0.717, 1.165) is 44.8 Å². The Balaban J connectivity index is 0.000000423. The van der Waals surface area contributed by atoms with Crippen LogP contribution in [0.3, 0.4) is 0 Å². The summed E-state index contributed by atoms with van der Waals surface area (Å²) >= 11 is 1.73. The number of likely N-dealkylation sites (N-methyl/N-ethyl adjacent to an activating group) is 1. The molecule has 2 atom stereocenters. The quantitative estimate of drug-likeness (QED) is 0.686. The van der Waals surface area contributed by atoms with Gasteiger partial charge in [-0.1, -0.05) is 0 Å². The highest BCUT2D eigenvalue weighted by atomic mass is 32.1. The van der Waals surface area contributed by atoms with Gasteiger partial charge in [0, 0.05) is 50.3 Å². The maximum Gasteiger partial charge on any atom is 0.490 e. The summed E-state index contributed by atoms with van der Waals surface area (Å²) in [4.78, 5) is 29.2. The van der Waals surface area contributed by atoms with Gasteiger partial charge >= 0.3 is 12.1 Å². The minimum Gasteiger partial charge on any atom is -0.475 e. The van der Waals surface area contributed by atoms with Crippen LogP contribution in [0.1, 0.15) is 23.5 Å². The molecular weight excluding hydrogens is 439 g/mol. The third kappa shape index (κ3) is 7.41. The number of carbonyl (C=O) groups is 2. The zero-order valence-electron chi connectivity index (χ0n) is 17.8. The summed E-state index contributed by atoms with van der Waals surface area (Å²) in [6.07, 6.45) is -2.81. The molecule has 1 N–H and O–H groups in total. The van der Waals surface area contributed by atoms with Crippen LogP contribution >= 0.6 is 11.3 Å². The lowest BCUT2D eigenvalue weighted by atomic mass is 9.77. The summed E-state index contributed by atoms with van der Waals surface area (Å²) in [6.45, 7) is 6.43. The van der Waals surface area contributed by atoms with Crippen molar-refractivity contribution in [3.05, 3.63) is 16.1 Å². The third-order valence-corrected chi connectivity index (χ3v) is 6.18. The van der Waals surface area contributed by atoms with E-state index >= 15 is 0 Å². The number of carboxylic acids is 1. The predicted molar refractivity (Wildman–Crippen MR) is 107 cm³/mol. The maximum atomic E-state index is 11.7. The van der Waals surface area contributed by atoms with Crippen LogP contribution in [0.5, 0.6) is 0 Å². The van der Waals surface area contributed by atoms with Crippen LogP contribution in [0.25, 0.3) is 0 Å². The van der Waals surface area contributed by atoms with Gasteiger partial charge < -0.3 is 19.5 Å². The van der Waals surface area contributed by atoms with Gasteiger partial charge in [0.25, 0.3) is 0 Å². The van der Waals surface area contributed by atoms with E-state index in [2.05, 4.69) is 15.3 Å². The molecular formula is C19H28F3N3O5S. The molecule has 2 saturated heterocycles. The first-order chi connectivity index (χ1) is 14.4. The molecule has 31 heavy (non-hydrogen) atoms. The topological polar surface area (TPSA) is 92.2 Å². The molecule has 0 radical (unpaired) electrons. The molecule has 176 valence electrons. The number of nitrogens with zero attached hydrogens (tertiary/aromatic N) is 3. The van der Waals surface area contributed by atoms with Crippen molar-refractivity contribution in [2.45, 2.75) is 38.6 Å². The molecule has 1 aromatic rings. The maximum absolute atomic E-state index is 11.7. The standard InChI is InChI=1S/C17H27N3O3S.C2HF3O2/c1-13-10-24-15(18-13)8-20-6-4-14-17(11-20,5-7-23-14)12-22-9-16(21)19(2)3;3-2(4,5)1(6)7/h10,14H,4-9,11-12H2,1-3H3;(H,6,7)/t14-,17+;/m1./s1. The van der Waals surface area contributed by atoms with E-state index in [0.29, 0.717) is 6.61 Å². The zero-order valence-corrected chi connectivity index (χ0v) is 18.6. The van der Waals surface area contributed by atoms with Crippen molar-refractivity contribution in [1.29, 1.82) is 0 Å². The molecule has 0 unspecified atom stereocenters. The molecule has 0 aliphatic carbocycles. The molecule has 12 heteroatoms. The van der Waals surface area contributed by atoms with E-state index in [1.165, 1.54) is 5.01 Å². The fraction of sp³-hybridized carbons (Fsp3) is 0.737. The van der Waals surface area contributed by atoms with Crippen LogP contribution in [0.4, 0.5) is 13.2 Å². The number of aromatic nitrogens is 1. The number of piperidine rings is 1. The Labute approximate surface area is 182 Å². The number of likely N-dealkylation sites (tertiary alicyclic amines) is 1. The molecule has 2 aliphatic rings. The Hall–Kier alpha value is -1.76. The van der Waals surface area contributed by atoms with Crippen LogP contribution in [0.15, 0.2) is 5.38 Å². The summed E-state index contributed by atoms with van der Waals surface area (Å²) in [5.41, 5.74) is 1.10. The predicted octanol–water partition coefficient (Wildman–Crippen LogP) is 2.17. The number of amides is 1. The number of hydrogen-bond acceptors (Lipinski definition) is 7. The van der Waals surface area contributed by atoms with Crippen molar-refractivity contribution in [1.82, 2.24) is 14.8 Å². The number of aryl methyl sites for hydroxylation is 1. The number of hydrogen-bond donors (Lipinski definition) is 1. The van der Waals surface area contributed by atoms with E-state index in [-0.39, 0.29) is 24.0 Å². The largest absolute Gasteiger partial charge is 0.490 e. The fourth-order valence-corrected chi connectivity index (χ4v) is 4.43. The number of thiazole rings is 1. The minimum absolute atomic E-state index is 0.00721. The third-order valence-electron chi connectivity index (χ3n) is 5.23. The highest BCUT2D eigenvalue weighted by Crippen LogP contribution is 2.41. The monoisotopic (exact) mass is 467 g/mol. The van der Waals surface area contributed by atoms with Crippen molar-refractivity contribution in [3.63, 3.8) is 0 Å². The highest BCUT2D eigenvalue weighted by molar-refractivity contribution is 7.09. The van der Waals surface area contributed by atoms with Crippen LogP contribution < -0.4 is 0 Å². The lowest BCUT2D eigenvalue weighted by molar-refractivity contribution is -0.192. The number of carbonyl (C=O) groups excluding carboxylic acids is 1. The molecule has 8 nitrogen and oxygen atoms in total. The molecule has 3 rings (SSSR count). The van der Waals surface area contributed by atoms with E-state index in [9.17, 15) is 18.0 Å². The van der Waals surface area contributed by atoms with Gasteiger partial charge in [-0.15, -0.1) is 11.3 Å². The molecule has 2 fully saturated rings. The van der Waals surface area contributed by atoms with Crippen molar-refractivity contribution >= 4 is 23.2 Å². The summed E-state index contributed by atoms with van der Waals surface area (Å²) in [5.74, 6) is -2.75. The molecule has 1 aromatic heterocycles. The van der Waals surface area contributed by atoms with Gasteiger partial charge in [0.1, 0.15) is 11.6 Å². The van der Waals surface area contributed by atoms with Crippen LogP contribution in [-0.4, -0.2) is 91.1 Å². The summed E-state index contributed by atoms with van der Waals surface area (Å²) in [7, 11) is 3.51. The van der Waals surface area contributed by atoms with Gasteiger partial charge in [-0.3, -0.25) is 9.69 Å². The second-order valence-electron chi connectivity index (χ2n) is 7.94. The lowest BCUT2D eigenvalue weighted by Gasteiger charge is -2.43. The average molecular weight is 468 g/mol. The van der Waals surface area contributed by atoms with Crippen molar-refractivity contribution in [3.8, 4) is 0 Å². The second kappa shape index (κ2) is 10.7. The average Bonchev–Trinajstić information content (AvgIpc) is 3.27. The SMILES string of the molecule is Cc1csc(CN2CC[C@H]3OCC[C@@]3(COCC(=O)N(C)C)C2)n1.O=C(O)C(F)(F)F. The smallest absolute Gasteiger partial charge is 0.475 e. The molecule has 1 amide bonds. The Kier molecular flexibility index (Phi) is 8.81. The van der Waals surface area contributed by atoms with Crippen molar-refractivity contribution in [2.24, 2.45) is 5.41 Å². The van der Waals surface area contributed by atoms with Crippen LogP contribution in [0.2, 0.25) is 0 Å². The Morgan fingerprint density at radius 1 is 1.45 bits per heavy atom. The number of ether oxygens (including phenoxy) is 2. The summed E-state index contributed by atoms with van der Waals surface area (Å²) in [6, 6.07) is 0. The molecule has 0 bridgehead atoms. The first-order valence-corrected chi connectivity index (χ1v) is 10.6. The van der Waals surface area contributed by atoms with Crippen molar-refractivity contribution in [2.75, 3.05) is 47.0 Å². The highest BCUT2D eigenvalue weighted by Gasteiger charge is 2.48. The number of halogens is 3. The Bertz CT molecular complexity index is 758. The van der Waals surface area contributed by atoms with Gasteiger partial charge in [-0.25, -0.2) is 9.78 Å². The fourth-order valence-electron chi connectivity index (χ4n) is 3.62. The van der Waals surface area contributed by atoms with E-state index < -0.39 is 12.1 Å². The molecule has 2 aliphatic heterocycles. The normalized spacial score (nSPS) is 23.6. The summed E-state index contributed by atoms with van der Waals surface area (Å²) < 4.78 is 43.5. The lowest BCUT2D eigenvalue weighted by Crippen LogP contribution is -2.51. The number of alkyl halides is 3. The van der Waals surface area contributed by atoms with Gasteiger partial charge in [-0.05, 0) is 19.8 Å². The summed E-state index contributed by atoms with van der Waals surface area (Å²) in [5, 5.41) is 10.4. The van der Waals surface area contributed by atoms with Gasteiger partial charge in [0.15, 0.2) is 0 Å². The molecule has 0 spiro atoms. The van der Waals surface area contributed by atoms with Gasteiger partial charge in [0.05, 0.1) is 19.3 Å². The molecule has 3 heterocycles. The Morgan fingerprint density at radius 3 is 2.68 bits per heavy atom. The zero-order chi connectivity index (χ0) is 23.2. The second-order valence-corrected chi connectivity index (χ2v) is 8.88. The molecule has 0 aromatic carbocycles.